The van der Waals surface area contributed by atoms with Crippen molar-refractivity contribution >= 4 is 17.4 Å². The molecule has 0 amide bonds. The van der Waals surface area contributed by atoms with Crippen LogP contribution in [0.25, 0.3) is 0 Å². The zero-order valence-electron chi connectivity index (χ0n) is 9.31. The predicted octanol–water partition coefficient (Wildman–Crippen LogP) is 4.10. The van der Waals surface area contributed by atoms with Crippen LogP contribution in [0.1, 0.15) is 52.4 Å². The highest BCUT2D eigenvalue weighted by molar-refractivity contribution is 6.22. The van der Waals surface area contributed by atoms with Crippen LogP contribution in [0.5, 0.6) is 0 Å². The van der Waals surface area contributed by atoms with Gasteiger partial charge in [0.1, 0.15) is 0 Å². The first-order chi connectivity index (χ1) is 6.72. The Morgan fingerprint density at radius 3 is 2.36 bits per heavy atom. The molecule has 0 atom stereocenters. The molecule has 0 aliphatic rings. The van der Waals surface area contributed by atoms with Gasteiger partial charge in [-0.15, -0.1) is 11.6 Å². The first-order valence-corrected chi connectivity index (χ1v) is 6.01. The number of hydrogen-bond acceptors (Lipinski definition) is 1. The molecular formula is C12H21ClO. The fraction of sp³-hybridized carbons (Fsp3) is 0.750. The molecule has 0 aromatic rings. The molecule has 82 valence electrons. The molecule has 0 saturated heterocycles. The van der Waals surface area contributed by atoms with Crippen LogP contribution < -0.4 is 0 Å². The molecule has 0 N–H and O–H groups in total. The van der Waals surface area contributed by atoms with Crippen molar-refractivity contribution in [2.75, 3.05) is 5.88 Å². The van der Waals surface area contributed by atoms with Crippen LogP contribution in [0.2, 0.25) is 0 Å². The van der Waals surface area contributed by atoms with E-state index < -0.39 is 0 Å². The average Bonchev–Trinajstić information content (AvgIpc) is 2.16. The Hall–Kier alpha value is -0.300. The molecule has 0 aromatic heterocycles. The third-order valence-corrected chi connectivity index (χ3v) is 2.58. The number of unbranched alkanes of at least 4 members (excludes halogenated alkanes) is 5. The van der Waals surface area contributed by atoms with Crippen LogP contribution in [-0.4, -0.2) is 11.7 Å². The zero-order chi connectivity index (χ0) is 10.8. The number of alkyl halides is 1. The number of allylic oxidation sites excluding steroid dienone is 2. The lowest BCUT2D eigenvalue weighted by atomic mass is 10.1. The average molecular weight is 217 g/mol. The lowest BCUT2D eigenvalue weighted by Crippen LogP contribution is -1.97. The minimum absolute atomic E-state index is 0.105. The molecule has 14 heavy (non-hydrogen) atoms. The molecule has 0 aliphatic carbocycles. The van der Waals surface area contributed by atoms with E-state index in [-0.39, 0.29) is 5.78 Å². The number of rotatable bonds is 8. The second-order valence-corrected chi connectivity index (χ2v) is 3.89. The largest absolute Gasteiger partial charge is 0.295 e. The van der Waals surface area contributed by atoms with E-state index in [0.29, 0.717) is 5.88 Å². The van der Waals surface area contributed by atoms with Crippen LogP contribution in [0.3, 0.4) is 0 Å². The van der Waals surface area contributed by atoms with Gasteiger partial charge in [0, 0.05) is 5.57 Å². The molecule has 0 heterocycles. The highest BCUT2D eigenvalue weighted by Crippen LogP contribution is 2.08. The lowest BCUT2D eigenvalue weighted by molar-refractivity contribution is -0.113. The molecule has 1 nitrogen and oxygen atoms in total. The Balaban J connectivity index is 3.53. The van der Waals surface area contributed by atoms with Gasteiger partial charge >= 0.3 is 0 Å². The van der Waals surface area contributed by atoms with E-state index >= 15 is 0 Å². The molecule has 0 rings (SSSR count). The molecular weight excluding hydrogens is 196 g/mol. The smallest absolute Gasteiger partial charge is 0.156 e. The Bertz CT molecular complexity index is 185. The standard InChI is InChI=1S/C12H21ClO/c1-3-4-5-6-7-8-9-12(10-13)11(2)14/h9H,3-8,10H2,1-2H3/b12-9+. The van der Waals surface area contributed by atoms with E-state index in [1.54, 1.807) is 6.92 Å². The van der Waals surface area contributed by atoms with Gasteiger partial charge in [-0.25, -0.2) is 0 Å². The molecule has 0 aliphatic heterocycles. The number of Topliss-reactive ketones (excluding diaryl/α,β-unsaturated/α-hetero) is 1. The molecule has 0 saturated carbocycles. The molecule has 0 aromatic carbocycles. The van der Waals surface area contributed by atoms with Gasteiger partial charge in [-0.3, -0.25) is 4.79 Å². The molecule has 0 unspecified atom stereocenters. The summed E-state index contributed by atoms with van der Waals surface area (Å²) in [5.41, 5.74) is 0.766. The van der Waals surface area contributed by atoms with E-state index in [2.05, 4.69) is 6.92 Å². The highest BCUT2D eigenvalue weighted by atomic mass is 35.5. The van der Waals surface area contributed by atoms with Gasteiger partial charge in [0.15, 0.2) is 5.78 Å². The van der Waals surface area contributed by atoms with Crippen LogP contribution in [0.15, 0.2) is 11.6 Å². The molecule has 0 radical (unpaired) electrons. The molecule has 0 fully saturated rings. The number of ketones is 1. The van der Waals surface area contributed by atoms with Crippen molar-refractivity contribution in [3.05, 3.63) is 11.6 Å². The van der Waals surface area contributed by atoms with Crippen LogP contribution >= 0.6 is 11.6 Å². The fourth-order valence-corrected chi connectivity index (χ4v) is 1.61. The van der Waals surface area contributed by atoms with Gasteiger partial charge < -0.3 is 0 Å². The SMILES string of the molecule is CCCCCCC/C=C(\CCl)C(C)=O. The number of halogens is 1. The summed E-state index contributed by atoms with van der Waals surface area (Å²) >= 11 is 5.64. The van der Waals surface area contributed by atoms with E-state index in [1.165, 1.54) is 32.1 Å². The predicted molar refractivity (Wildman–Crippen MR) is 62.9 cm³/mol. The molecule has 2 heteroatoms. The summed E-state index contributed by atoms with van der Waals surface area (Å²) in [6.45, 7) is 3.78. The summed E-state index contributed by atoms with van der Waals surface area (Å²) in [6, 6.07) is 0. The van der Waals surface area contributed by atoms with Gasteiger partial charge in [0.2, 0.25) is 0 Å². The quantitative estimate of drug-likeness (QED) is 0.339. The van der Waals surface area contributed by atoms with Crippen molar-refractivity contribution in [2.24, 2.45) is 0 Å². The van der Waals surface area contributed by atoms with E-state index in [1.807, 2.05) is 6.08 Å². The summed E-state index contributed by atoms with van der Waals surface area (Å²) in [5, 5.41) is 0. The van der Waals surface area contributed by atoms with Crippen molar-refractivity contribution in [1.29, 1.82) is 0 Å². The first-order valence-electron chi connectivity index (χ1n) is 5.48. The van der Waals surface area contributed by atoms with Crippen molar-refractivity contribution in [3.63, 3.8) is 0 Å². The Kier molecular flexibility index (Phi) is 9.06. The van der Waals surface area contributed by atoms with Gasteiger partial charge in [0.25, 0.3) is 0 Å². The van der Waals surface area contributed by atoms with Crippen LogP contribution in [0.4, 0.5) is 0 Å². The Morgan fingerprint density at radius 1 is 1.21 bits per heavy atom. The minimum atomic E-state index is 0.105. The summed E-state index contributed by atoms with van der Waals surface area (Å²) < 4.78 is 0. The summed E-state index contributed by atoms with van der Waals surface area (Å²) in [5.74, 6) is 0.457. The third kappa shape index (κ3) is 7.14. The summed E-state index contributed by atoms with van der Waals surface area (Å²) in [7, 11) is 0. The van der Waals surface area contributed by atoms with E-state index in [9.17, 15) is 4.79 Å². The third-order valence-electron chi connectivity index (χ3n) is 2.29. The maximum atomic E-state index is 11.0. The second-order valence-electron chi connectivity index (χ2n) is 3.62. The maximum Gasteiger partial charge on any atom is 0.156 e. The Labute approximate surface area is 92.5 Å². The summed E-state index contributed by atoms with van der Waals surface area (Å²) in [4.78, 5) is 11.0. The molecule has 0 spiro atoms. The van der Waals surface area contributed by atoms with E-state index in [0.717, 1.165) is 12.0 Å². The van der Waals surface area contributed by atoms with Crippen molar-refractivity contribution < 1.29 is 4.79 Å². The van der Waals surface area contributed by atoms with Gasteiger partial charge in [-0.05, 0) is 19.8 Å². The van der Waals surface area contributed by atoms with Gasteiger partial charge in [0.05, 0.1) is 5.88 Å². The summed E-state index contributed by atoms with van der Waals surface area (Å²) in [6.07, 6.45) is 9.31. The van der Waals surface area contributed by atoms with Crippen molar-refractivity contribution in [3.8, 4) is 0 Å². The van der Waals surface area contributed by atoms with Gasteiger partial charge in [-0.2, -0.15) is 0 Å². The van der Waals surface area contributed by atoms with E-state index in [4.69, 9.17) is 11.6 Å². The zero-order valence-corrected chi connectivity index (χ0v) is 10.1. The monoisotopic (exact) mass is 216 g/mol. The fourth-order valence-electron chi connectivity index (χ4n) is 1.32. The minimum Gasteiger partial charge on any atom is -0.295 e. The number of carbonyl (C=O) groups is 1. The number of carbonyl (C=O) groups excluding carboxylic acids is 1. The highest BCUT2D eigenvalue weighted by Gasteiger charge is 2.00. The van der Waals surface area contributed by atoms with Crippen molar-refractivity contribution in [1.82, 2.24) is 0 Å². The lowest BCUT2D eigenvalue weighted by Gasteiger charge is -1.99. The Morgan fingerprint density at radius 2 is 1.86 bits per heavy atom. The second kappa shape index (κ2) is 9.26. The first kappa shape index (κ1) is 13.7. The van der Waals surface area contributed by atoms with Crippen LogP contribution in [-0.2, 0) is 4.79 Å². The normalized spacial score (nSPS) is 11.8. The van der Waals surface area contributed by atoms with Gasteiger partial charge in [-0.1, -0.05) is 38.7 Å². The molecule has 0 bridgehead atoms. The van der Waals surface area contributed by atoms with Crippen LogP contribution in [0, 0.1) is 0 Å². The topological polar surface area (TPSA) is 17.1 Å². The maximum absolute atomic E-state index is 11.0. The number of hydrogen-bond donors (Lipinski definition) is 0. The van der Waals surface area contributed by atoms with Crippen molar-refractivity contribution in [2.45, 2.75) is 52.4 Å².